The number of aromatic nitrogens is 1. The van der Waals surface area contributed by atoms with Crippen LogP contribution in [0.1, 0.15) is 12.5 Å². The number of methoxy groups -OCH3 is 1. The third kappa shape index (κ3) is 5.42. The molecule has 0 bridgehead atoms. The van der Waals surface area contributed by atoms with Gasteiger partial charge in [-0.2, -0.15) is 0 Å². The Hall–Kier alpha value is -2.28. The molecule has 0 aliphatic heterocycles. The molecule has 1 aromatic heterocycles. The van der Waals surface area contributed by atoms with Crippen LogP contribution in [0.3, 0.4) is 0 Å². The van der Waals surface area contributed by atoms with Crippen molar-refractivity contribution in [1.29, 1.82) is 0 Å². The topological polar surface area (TPSA) is 72.5 Å². The average Bonchev–Trinajstić information content (AvgIpc) is 2.56. The molecule has 0 fully saturated rings. The lowest BCUT2D eigenvalue weighted by Crippen LogP contribution is -2.30. The third-order valence-electron chi connectivity index (χ3n) is 3.19. The second-order valence-corrected chi connectivity index (χ2v) is 5.82. The lowest BCUT2D eigenvalue weighted by atomic mass is 10.1. The number of carbonyl (C=O) groups excluding carboxylic acids is 1. The predicted octanol–water partition coefficient (Wildman–Crippen LogP) is 3.62. The van der Waals surface area contributed by atoms with E-state index >= 15 is 0 Å². The van der Waals surface area contributed by atoms with Crippen molar-refractivity contribution in [2.45, 2.75) is 13.3 Å². The van der Waals surface area contributed by atoms with Gasteiger partial charge in [-0.25, -0.2) is 9.78 Å². The van der Waals surface area contributed by atoms with Gasteiger partial charge in [0, 0.05) is 17.2 Å². The number of nitrogens with zero attached hydrogens (tertiary/aromatic N) is 1. The standard InChI is InChI=1S/C17H20BrN3O3/c1-3-24-14-5-4-12(10-15(14)23-2)6-8-20-17(22)21-16-11-13(18)7-9-19-16/h4-5,7,9-11H,3,6,8H2,1-2H3,(H2,19,20,21,22). The first-order valence-electron chi connectivity index (χ1n) is 7.58. The maximum absolute atomic E-state index is 11.9. The number of anilines is 1. The molecule has 1 heterocycles. The zero-order valence-corrected chi connectivity index (χ0v) is 15.2. The van der Waals surface area contributed by atoms with Crippen molar-refractivity contribution in [3.05, 3.63) is 46.6 Å². The molecule has 7 heteroatoms. The fourth-order valence-corrected chi connectivity index (χ4v) is 2.43. The number of benzene rings is 1. The van der Waals surface area contributed by atoms with Crippen LogP contribution in [0.4, 0.5) is 10.6 Å². The third-order valence-corrected chi connectivity index (χ3v) is 3.68. The summed E-state index contributed by atoms with van der Waals surface area (Å²) in [5.41, 5.74) is 1.05. The van der Waals surface area contributed by atoms with E-state index in [4.69, 9.17) is 9.47 Å². The van der Waals surface area contributed by atoms with Gasteiger partial charge in [-0.15, -0.1) is 0 Å². The van der Waals surface area contributed by atoms with Crippen molar-refractivity contribution in [2.75, 3.05) is 25.6 Å². The summed E-state index contributed by atoms with van der Waals surface area (Å²) >= 11 is 3.33. The molecule has 1 aromatic carbocycles. The van der Waals surface area contributed by atoms with Gasteiger partial charge in [0.15, 0.2) is 11.5 Å². The molecule has 0 aliphatic rings. The van der Waals surface area contributed by atoms with Gasteiger partial charge >= 0.3 is 6.03 Å². The summed E-state index contributed by atoms with van der Waals surface area (Å²) in [6.07, 6.45) is 2.30. The number of hydrogen-bond donors (Lipinski definition) is 2. The number of amides is 2. The van der Waals surface area contributed by atoms with Crippen LogP contribution in [-0.4, -0.2) is 31.3 Å². The van der Waals surface area contributed by atoms with Crippen molar-refractivity contribution >= 4 is 27.8 Å². The molecule has 0 saturated heterocycles. The quantitative estimate of drug-likeness (QED) is 0.753. The molecule has 2 amide bonds. The maximum atomic E-state index is 11.9. The number of urea groups is 1. The Labute approximate surface area is 149 Å². The van der Waals surface area contributed by atoms with Crippen LogP contribution in [0.2, 0.25) is 0 Å². The first-order valence-corrected chi connectivity index (χ1v) is 8.37. The van der Waals surface area contributed by atoms with Gasteiger partial charge in [0.2, 0.25) is 0 Å². The summed E-state index contributed by atoms with van der Waals surface area (Å²) < 4.78 is 11.7. The SMILES string of the molecule is CCOc1ccc(CCNC(=O)Nc2cc(Br)ccn2)cc1OC. The van der Waals surface area contributed by atoms with Crippen LogP contribution in [-0.2, 0) is 6.42 Å². The molecule has 0 atom stereocenters. The summed E-state index contributed by atoms with van der Waals surface area (Å²) in [5, 5.41) is 5.48. The predicted molar refractivity (Wildman–Crippen MR) is 96.8 cm³/mol. The maximum Gasteiger partial charge on any atom is 0.320 e. The minimum atomic E-state index is -0.293. The molecule has 24 heavy (non-hydrogen) atoms. The Balaban J connectivity index is 1.84. The Kier molecular flexibility index (Phi) is 6.87. The number of halogens is 1. The molecule has 2 aromatic rings. The van der Waals surface area contributed by atoms with Gasteiger partial charge < -0.3 is 14.8 Å². The summed E-state index contributed by atoms with van der Waals surface area (Å²) in [4.78, 5) is 15.9. The molecule has 0 spiro atoms. The highest BCUT2D eigenvalue weighted by molar-refractivity contribution is 9.10. The van der Waals surface area contributed by atoms with Crippen molar-refractivity contribution in [3.63, 3.8) is 0 Å². The summed E-state index contributed by atoms with van der Waals surface area (Å²) in [6, 6.07) is 8.99. The van der Waals surface area contributed by atoms with Crippen LogP contribution in [0.25, 0.3) is 0 Å². The number of rotatable bonds is 7. The first kappa shape index (κ1) is 18.1. The Morgan fingerprint density at radius 3 is 2.79 bits per heavy atom. The number of nitrogens with one attached hydrogen (secondary N) is 2. The second-order valence-electron chi connectivity index (χ2n) is 4.91. The molecule has 0 aliphatic carbocycles. The molecule has 0 saturated carbocycles. The van der Waals surface area contributed by atoms with Gasteiger partial charge in [0.05, 0.1) is 13.7 Å². The zero-order valence-electron chi connectivity index (χ0n) is 13.6. The highest BCUT2D eigenvalue weighted by Gasteiger charge is 2.06. The van der Waals surface area contributed by atoms with Crippen LogP contribution in [0.5, 0.6) is 11.5 Å². The van der Waals surface area contributed by atoms with E-state index < -0.39 is 0 Å². The number of pyridine rings is 1. The van der Waals surface area contributed by atoms with Gasteiger partial charge in [0.25, 0.3) is 0 Å². The zero-order chi connectivity index (χ0) is 17.4. The number of hydrogen-bond acceptors (Lipinski definition) is 4. The van der Waals surface area contributed by atoms with E-state index in [1.54, 1.807) is 25.4 Å². The second kappa shape index (κ2) is 9.12. The van der Waals surface area contributed by atoms with Crippen molar-refractivity contribution < 1.29 is 14.3 Å². The molecule has 2 rings (SSSR count). The molecular formula is C17H20BrN3O3. The molecule has 2 N–H and O–H groups in total. The minimum Gasteiger partial charge on any atom is -0.493 e. The highest BCUT2D eigenvalue weighted by Crippen LogP contribution is 2.28. The normalized spacial score (nSPS) is 10.1. The Bertz CT molecular complexity index is 695. The van der Waals surface area contributed by atoms with E-state index in [0.29, 0.717) is 31.1 Å². The lowest BCUT2D eigenvalue weighted by Gasteiger charge is -2.11. The Morgan fingerprint density at radius 1 is 1.25 bits per heavy atom. The molecule has 0 unspecified atom stereocenters. The van der Waals surface area contributed by atoms with Gasteiger partial charge in [0.1, 0.15) is 5.82 Å². The molecule has 6 nitrogen and oxygen atoms in total. The minimum absolute atomic E-state index is 0.293. The number of ether oxygens (including phenoxy) is 2. The van der Waals surface area contributed by atoms with E-state index in [0.717, 1.165) is 15.8 Å². The first-order chi connectivity index (χ1) is 11.6. The van der Waals surface area contributed by atoms with E-state index in [1.807, 2.05) is 25.1 Å². The molecular weight excluding hydrogens is 374 g/mol. The van der Waals surface area contributed by atoms with Crippen molar-refractivity contribution in [3.8, 4) is 11.5 Å². The smallest absolute Gasteiger partial charge is 0.320 e. The number of carbonyl (C=O) groups is 1. The van der Waals surface area contributed by atoms with E-state index in [1.165, 1.54) is 0 Å². The largest absolute Gasteiger partial charge is 0.493 e. The average molecular weight is 394 g/mol. The van der Waals surface area contributed by atoms with Crippen LogP contribution >= 0.6 is 15.9 Å². The van der Waals surface area contributed by atoms with Gasteiger partial charge in [-0.05, 0) is 43.2 Å². The summed E-state index contributed by atoms with van der Waals surface area (Å²) in [6.45, 7) is 3.01. The fourth-order valence-electron chi connectivity index (χ4n) is 2.10. The Morgan fingerprint density at radius 2 is 2.08 bits per heavy atom. The van der Waals surface area contributed by atoms with Crippen LogP contribution < -0.4 is 20.1 Å². The monoisotopic (exact) mass is 393 g/mol. The molecule has 128 valence electrons. The van der Waals surface area contributed by atoms with Crippen molar-refractivity contribution in [2.24, 2.45) is 0 Å². The summed E-state index contributed by atoms with van der Waals surface area (Å²) in [5.74, 6) is 1.90. The van der Waals surface area contributed by atoms with Crippen LogP contribution in [0.15, 0.2) is 41.0 Å². The van der Waals surface area contributed by atoms with E-state index in [9.17, 15) is 4.79 Å². The van der Waals surface area contributed by atoms with E-state index in [-0.39, 0.29) is 6.03 Å². The van der Waals surface area contributed by atoms with E-state index in [2.05, 4.69) is 31.5 Å². The molecule has 0 radical (unpaired) electrons. The van der Waals surface area contributed by atoms with Gasteiger partial charge in [-0.1, -0.05) is 22.0 Å². The van der Waals surface area contributed by atoms with Crippen LogP contribution in [0, 0.1) is 0 Å². The van der Waals surface area contributed by atoms with Gasteiger partial charge in [-0.3, -0.25) is 5.32 Å². The summed E-state index contributed by atoms with van der Waals surface area (Å²) in [7, 11) is 1.61. The highest BCUT2D eigenvalue weighted by atomic mass is 79.9. The van der Waals surface area contributed by atoms with Crippen molar-refractivity contribution in [1.82, 2.24) is 10.3 Å². The lowest BCUT2D eigenvalue weighted by molar-refractivity contribution is 0.252. The fraction of sp³-hybridized carbons (Fsp3) is 0.294.